The molecule has 0 unspecified atom stereocenters. The zero-order valence-electron chi connectivity index (χ0n) is 11.7. The molecule has 0 bridgehead atoms. The minimum Gasteiger partial charge on any atom is -0.454 e. The van der Waals surface area contributed by atoms with Crippen molar-refractivity contribution in [2.24, 2.45) is 0 Å². The fraction of sp³-hybridized carbons (Fsp3) is 0.357. The lowest BCUT2D eigenvalue weighted by Gasteiger charge is -2.07. The maximum Gasteiger partial charge on any atom is 0.338 e. The summed E-state index contributed by atoms with van der Waals surface area (Å²) < 4.78 is 6.99. The molecule has 0 saturated carbocycles. The molecule has 6 nitrogen and oxygen atoms in total. The number of esters is 1. The molecule has 0 fully saturated rings. The number of rotatable bonds is 5. The number of benzene rings is 1. The molecule has 2 aromatic rings. The topological polar surface area (TPSA) is 83.0 Å². The Kier molecular flexibility index (Phi) is 4.34. The minimum atomic E-state index is -0.411. The van der Waals surface area contributed by atoms with E-state index in [1.807, 2.05) is 13.8 Å². The molecule has 0 spiro atoms. The van der Waals surface area contributed by atoms with E-state index in [0.717, 1.165) is 18.5 Å². The number of nitrogens with zero attached hydrogens (tertiary/aromatic N) is 3. The predicted octanol–water partition coefficient (Wildman–Crippen LogP) is 1.94. The normalized spacial score (nSPS) is 10.5. The third-order valence-corrected chi connectivity index (χ3v) is 2.80. The van der Waals surface area contributed by atoms with Crippen LogP contribution in [-0.2, 0) is 17.9 Å². The van der Waals surface area contributed by atoms with Gasteiger partial charge in [-0.2, -0.15) is 5.10 Å². The van der Waals surface area contributed by atoms with Gasteiger partial charge in [0, 0.05) is 12.2 Å². The van der Waals surface area contributed by atoms with Gasteiger partial charge in [-0.3, -0.25) is 0 Å². The van der Waals surface area contributed by atoms with E-state index < -0.39 is 5.97 Å². The Morgan fingerprint density at radius 3 is 2.90 bits per heavy atom. The van der Waals surface area contributed by atoms with Crippen LogP contribution in [0.1, 0.15) is 35.1 Å². The Balaban J connectivity index is 2.03. The number of hydrogen-bond acceptors (Lipinski definition) is 5. The van der Waals surface area contributed by atoms with Crippen molar-refractivity contribution in [1.29, 1.82) is 0 Å². The van der Waals surface area contributed by atoms with E-state index in [1.165, 1.54) is 6.33 Å². The van der Waals surface area contributed by atoms with E-state index in [4.69, 9.17) is 10.5 Å². The fourth-order valence-corrected chi connectivity index (χ4v) is 1.94. The summed E-state index contributed by atoms with van der Waals surface area (Å²) in [5, 5.41) is 4.08. The third-order valence-electron chi connectivity index (χ3n) is 2.80. The molecule has 0 radical (unpaired) electrons. The van der Waals surface area contributed by atoms with E-state index in [0.29, 0.717) is 17.1 Å². The van der Waals surface area contributed by atoms with Gasteiger partial charge in [-0.25, -0.2) is 14.5 Å². The quantitative estimate of drug-likeness (QED) is 0.665. The largest absolute Gasteiger partial charge is 0.454 e. The Morgan fingerprint density at radius 2 is 2.20 bits per heavy atom. The summed E-state index contributed by atoms with van der Waals surface area (Å²) in [4.78, 5) is 16.1. The fourth-order valence-electron chi connectivity index (χ4n) is 1.94. The SMILES string of the molecule is CCCn1ncnc1COC(=O)c1cc(C)cc(N)c1. The number of nitrogens with two attached hydrogens (primary N) is 1. The lowest BCUT2D eigenvalue weighted by Crippen LogP contribution is -2.11. The molecule has 0 aliphatic heterocycles. The third kappa shape index (κ3) is 3.34. The average molecular weight is 274 g/mol. The lowest BCUT2D eigenvalue weighted by molar-refractivity contribution is 0.0456. The van der Waals surface area contributed by atoms with E-state index in [1.54, 1.807) is 22.9 Å². The van der Waals surface area contributed by atoms with Crippen LogP contribution >= 0.6 is 0 Å². The van der Waals surface area contributed by atoms with Gasteiger partial charge in [-0.05, 0) is 37.1 Å². The van der Waals surface area contributed by atoms with Gasteiger partial charge < -0.3 is 10.5 Å². The average Bonchev–Trinajstić information content (AvgIpc) is 2.83. The first kappa shape index (κ1) is 14.0. The zero-order chi connectivity index (χ0) is 14.5. The predicted molar refractivity (Wildman–Crippen MR) is 75.0 cm³/mol. The highest BCUT2D eigenvalue weighted by Crippen LogP contribution is 2.13. The minimum absolute atomic E-state index is 0.104. The molecule has 20 heavy (non-hydrogen) atoms. The van der Waals surface area contributed by atoms with Gasteiger partial charge in [-0.1, -0.05) is 6.92 Å². The molecule has 2 N–H and O–H groups in total. The highest BCUT2D eigenvalue weighted by atomic mass is 16.5. The number of carbonyl (C=O) groups excluding carboxylic acids is 1. The van der Waals surface area contributed by atoms with Crippen molar-refractivity contribution in [3.63, 3.8) is 0 Å². The first-order valence-corrected chi connectivity index (χ1v) is 6.51. The summed E-state index contributed by atoms with van der Waals surface area (Å²) in [6.07, 6.45) is 2.40. The Hall–Kier alpha value is -2.37. The number of nitrogen functional groups attached to an aromatic ring is 1. The maximum atomic E-state index is 12.0. The summed E-state index contributed by atoms with van der Waals surface area (Å²) in [6.45, 7) is 4.79. The standard InChI is InChI=1S/C14H18N4O2/c1-3-4-18-13(16-9-17-18)8-20-14(19)11-5-10(2)6-12(15)7-11/h5-7,9H,3-4,8,15H2,1-2H3. The molecule has 0 aliphatic rings. The number of aromatic nitrogens is 3. The molecule has 1 aromatic carbocycles. The van der Waals surface area contributed by atoms with Crippen LogP contribution in [0.25, 0.3) is 0 Å². The lowest BCUT2D eigenvalue weighted by atomic mass is 10.1. The maximum absolute atomic E-state index is 12.0. The van der Waals surface area contributed by atoms with Crippen molar-refractivity contribution < 1.29 is 9.53 Å². The van der Waals surface area contributed by atoms with Crippen molar-refractivity contribution in [2.75, 3.05) is 5.73 Å². The number of aryl methyl sites for hydroxylation is 2. The van der Waals surface area contributed by atoms with Crippen molar-refractivity contribution in [2.45, 2.75) is 33.4 Å². The second-order valence-corrected chi connectivity index (χ2v) is 4.61. The van der Waals surface area contributed by atoms with Crippen molar-refractivity contribution >= 4 is 11.7 Å². The number of hydrogen-bond donors (Lipinski definition) is 1. The second-order valence-electron chi connectivity index (χ2n) is 4.61. The van der Waals surface area contributed by atoms with Crippen LogP contribution in [0, 0.1) is 6.92 Å². The van der Waals surface area contributed by atoms with Gasteiger partial charge in [0.1, 0.15) is 6.33 Å². The second kappa shape index (κ2) is 6.18. The Labute approximate surface area is 117 Å². The van der Waals surface area contributed by atoms with E-state index in [-0.39, 0.29) is 6.61 Å². The van der Waals surface area contributed by atoms with Crippen molar-refractivity contribution in [1.82, 2.24) is 14.8 Å². The Morgan fingerprint density at radius 1 is 1.40 bits per heavy atom. The first-order valence-electron chi connectivity index (χ1n) is 6.51. The van der Waals surface area contributed by atoms with Gasteiger partial charge in [0.25, 0.3) is 0 Å². The van der Waals surface area contributed by atoms with Gasteiger partial charge in [-0.15, -0.1) is 0 Å². The van der Waals surface area contributed by atoms with Gasteiger partial charge in [0.15, 0.2) is 12.4 Å². The molecule has 6 heteroatoms. The van der Waals surface area contributed by atoms with E-state index in [2.05, 4.69) is 10.1 Å². The van der Waals surface area contributed by atoms with Crippen LogP contribution < -0.4 is 5.73 Å². The van der Waals surface area contributed by atoms with Crippen LogP contribution in [0.5, 0.6) is 0 Å². The van der Waals surface area contributed by atoms with Crippen LogP contribution in [0.15, 0.2) is 24.5 Å². The van der Waals surface area contributed by atoms with Gasteiger partial charge in [0.05, 0.1) is 5.56 Å². The molecule has 0 atom stereocenters. The molecule has 0 saturated heterocycles. The highest BCUT2D eigenvalue weighted by molar-refractivity contribution is 5.90. The summed E-state index contributed by atoms with van der Waals surface area (Å²) in [7, 11) is 0. The number of ether oxygens (including phenoxy) is 1. The van der Waals surface area contributed by atoms with Crippen molar-refractivity contribution in [3.05, 3.63) is 41.5 Å². The smallest absolute Gasteiger partial charge is 0.338 e. The Bertz CT molecular complexity index is 587. The molecule has 0 aliphatic carbocycles. The van der Waals surface area contributed by atoms with Gasteiger partial charge in [0.2, 0.25) is 0 Å². The van der Waals surface area contributed by atoms with E-state index in [9.17, 15) is 4.79 Å². The summed E-state index contributed by atoms with van der Waals surface area (Å²) in [5.74, 6) is 0.229. The van der Waals surface area contributed by atoms with Crippen LogP contribution in [0.2, 0.25) is 0 Å². The monoisotopic (exact) mass is 274 g/mol. The number of anilines is 1. The van der Waals surface area contributed by atoms with Crippen LogP contribution in [0.4, 0.5) is 5.69 Å². The van der Waals surface area contributed by atoms with E-state index >= 15 is 0 Å². The van der Waals surface area contributed by atoms with Gasteiger partial charge >= 0.3 is 5.97 Å². The molecular formula is C14H18N4O2. The van der Waals surface area contributed by atoms with Crippen LogP contribution in [-0.4, -0.2) is 20.7 Å². The molecule has 1 heterocycles. The summed E-state index contributed by atoms with van der Waals surface area (Å²) in [5.41, 5.74) is 7.64. The first-order chi connectivity index (χ1) is 9.60. The molecule has 1 aromatic heterocycles. The van der Waals surface area contributed by atoms with Crippen molar-refractivity contribution in [3.8, 4) is 0 Å². The van der Waals surface area contributed by atoms with Crippen LogP contribution in [0.3, 0.4) is 0 Å². The summed E-state index contributed by atoms with van der Waals surface area (Å²) >= 11 is 0. The number of carbonyl (C=O) groups is 1. The molecule has 2 rings (SSSR count). The molecule has 106 valence electrons. The summed E-state index contributed by atoms with van der Waals surface area (Å²) in [6, 6.07) is 5.15. The molecular weight excluding hydrogens is 256 g/mol. The highest BCUT2D eigenvalue weighted by Gasteiger charge is 2.11. The molecule has 0 amide bonds. The zero-order valence-corrected chi connectivity index (χ0v) is 11.7.